The van der Waals surface area contributed by atoms with E-state index in [-0.39, 0.29) is 24.3 Å². The van der Waals surface area contributed by atoms with Crippen molar-refractivity contribution in [2.45, 2.75) is 57.9 Å². The summed E-state index contributed by atoms with van der Waals surface area (Å²) in [6, 6.07) is 21.7. The molecule has 1 heterocycles. The minimum absolute atomic E-state index is 0.0118. The number of amides is 2. The van der Waals surface area contributed by atoms with Crippen LogP contribution in [-0.2, 0) is 22.4 Å². The van der Waals surface area contributed by atoms with E-state index in [0.29, 0.717) is 34.9 Å². The molecule has 4 aromatic rings. The van der Waals surface area contributed by atoms with Gasteiger partial charge in [0.1, 0.15) is 17.5 Å². The number of carbonyl (C=O) groups is 4. The average molecular weight is 638 g/mol. The van der Waals surface area contributed by atoms with Crippen LogP contribution in [-0.4, -0.2) is 46.5 Å². The topological polar surface area (TPSA) is 144 Å². The Kier molecular flexibility index (Phi) is 13.0. The van der Waals surface area contributed by atoms with Gasteiger partial charge in [-0.15, -0.1) is 0 Å². The molecule has 0 radical (unpaired) electrons. The number of rotatable bonds is 17. The molecule has 0 unspecified atom stereocenters. The van der Waals surface area contributed by atoms with E-state index in [1.54, 1.807) is 85.2 Å². The lowest BCUT2D eigenvalue weighted by molar-refractivity contribution is -0.139. The van der Waals surface area contributed by atoms with Crippen molar-refractivity contribution in [1.82, 2.24) is 10.3 Å². The Morgan fingerprint density at radius 1 is 0.787 bits per heavy atom. The Bertz CT molecular complexity index is 1610. The van der Waals surface area contributed by atoms with Crippen LogP contribution in [0.4, 0.5) is 5.69 Å². The van der Waals surface area contributed by atoms with Gasteiger partial charge in [-0.2, -0.15) is 0 Å². The molecule has 0 bridgehead atoms. The highest BCUT2D eigenvalue weighted by Gasteiger charge is 2.21. The third kappa shape index (κ3) is 11.4. The number of nitrogens with one attached hydrogen (secondary N) is 2. The predicted molar refractivity (Wildman–Crippen MR) is 178 cm³/mol. The molecule has 2 amide bonds. The Labute approximate surface area is 274 Å². The second-order valence-corrected chi connectivity index (χ2v) is 11.1. The number of aromatic nitrogens is 1. The van der Waals surface area contributed by atoms with E-state index in [9.17, 15) is 24.3 Å². The number of ether oxygens (including phenoxy) is 2. The number of nitrogens with zero attached hydrogens (tertiary/aromatic N) is 1. The van der Waals surface area contributed by atoms with Crippen LogP contribution in [0, 0.1) is 0 Å². The van der Waals surface area contributed by atoms with E-state index in [1.807, 2.05) is 0 Å². The first kappa shape index (κ1) is 34.4. The van der Waals surface area contributed by atoms with Gasteiger partial charge in [0.2, 0.25) is 5.91 Å². The summed E-state index contributed by atoms with van der Waals surface area (Å²) < 4.78 is 11.2. The Morgan fingerprint density at radius 3 is 2.13 bits per heavy atom. The maximum Gasteiger partial charge on any atom is 0.343 e. The van der Waals surface area contributed by atoms with Gasteiger partial charge in [-0.25, -0.2) is 9.59 Å². The molecule has 3 aromatic carbocycles. The highest BCUT2D eigenvalue weighted by atomic mass is 16.5. The molecule has 4 rings (SSSR count). The SMILES string of the molecule is CCCCCCCOc1ccc(C(=O)Oc2ccc(C[C@H](NC(=O)c3ccc(NC(=O)Cc4cccnc4)cc3)C(=O)O)cc2)cc1. The smallest absolute Gasteiger partial charge is 0.343 e. The number of carbonyl (C=O) groups excluding carboxylic acids is 3. The van der Waals surface area contributed by atoms with Crippen LogP contribution in [0.15, 0.2) is 97.3 Å². The molecule has 0 saturated heterocycles. The minimum Gasteiger partial charge on any atom is -0.494 e. The van der Waals surface area contributed by atoms with Gasteiger partial charge in [-0.1, -0.05) is 50.8 Å². The number of unbranched alkanes of at least 4 members (excludes halogenated alkanes) is 4. The Hall–Kier alpha value is -5.51. The molecule has 244 valence electrons. The zero-order valence-corrected chi connectivity index (χ0v) is 26.3. The van der Waals surface area contributed by atoms with Crippen molar-refractivity contribution in [3.63, 3.8) is 0 Å². The highest BCUT2D eigenvalue weighted by Crippen LogP contribution is 2.18. The van der Waals surface area contributed by atoms with Crippen LogP contribution < -0.4 is 20.1 Å². The van der Waals surface area contributed by atoms with E-state index < -0.39 is 23.9 Å². The van der Waals surface area contributed by atoms with Crippen LogP contribution in [0.25, 0.3) is 0 Å². The Morgan fingerprint density at radius 2 is 1.47 bits per heavy atom. The summed E-state index contributed by atoms with van der Waals surface area (Å²) in [7, 11) is 0. The first-order valence-electron chi connectivity index (χ1n) is 15.7. The summed E-state index contributed by atoms with van der Waals surface area (Å²) in [5, 5.41) is 15.1. The zero-order chi connectivity index (χ0) is 33.4. The maximum atomic E-state index is 12.8. The third-order valence-corrected chi connectivity index (χ3v) is 7.30. The molecule has 47 heavy (non-hydrogen) atoms. The van der Waals surface area contributed by atoms with Crippen molar-refractivity contribution < 1.29 is 33.8 Å². The number of aliphatic carboxylic acids is 1. The molecule has 10 nitrogen and oxygen atoms in total. The third-order valence-electron chi connectivity index (χ3n) is 7.30. The number of hydrogen-bond donors (Lipinski definition) is 3. The van der Waals surface area contributed by atoms with Gasteiger partial charge in [0, 0.05) is 30.1 Å². The van der Waals surface area contributed by atoms with Crippen molar-refractivity contribution in [3.05, 3.63) is 120 Å². The molecule has 1 atom stereocenters. The van der Waals surface area contributed by atoms with Gasteiger partial charge in [-0.3, -0.25) is 14.6 Å². The number of carboxylic acid groups (broad SMARTS) is 1. The molecule has 0 aliphatic heterocycles. The van der Waals surface area contributed by atoms with Crippen LogP contribution in [0.3, 0.4) is 0 Å². The number of benzene rings is 3. The summed E-state index contributed by atoms with van der Waals surface area (Å²) in [6.07, 6.45) is 9.17. The molecule has 0 aliphatic carbocycles. The molecular weight excluding hydrogens is 598 g/mol. The second-order valence-electron chi connectivity index (χ2n) is 11.1. The fourth-order valence-electron chi connectivity index (χ4n) is 4.72. The largest absolute Gasteiger partial charge is 0.494 e. The van der Waals surface area contributed by atoms with Gasteiger partial charge in [0.15, 0.2) is 0 Å². The van der Waals surface area contributed by atoms with Gasteiger partial charge < -0.3 is 25.2 Å². The maximum absolute atomic E-state index is 12.8. The second kappa shape index (κ2) is 17.8. The van der Waals surface area contributed by atoms with Crippen molar-refractivity contribution >= 4 is 29.4 Å². The van der Waals surface area contributed by atoms with Crippen LogP contribution in [0.1, 0.15) is 70.9 Å². The molecule has 0 fully saturated rings. The standard InChI is InChI=1S/C37H39N3O7/c1-2-3-4-5-6-22-46-31-19-13-29(14-20-31)37(45)47-32-17-9-26(10-18-32)23-33(36(43)44)40-35(42)28-11-15-30(16-12-28)39-34(41)24-27-8-7-21-38-25-27/h7-21,25,33H,2-6,22-24H2,1H3,(H,39,41)(H,40,42)(H,43,44)/t33-/m0/s1. The van der Waals surface area contributed by atoms with Crippen LogP contribution >= 0.6 is 0 Å². The van der Waals surface area contributed by atoms with Crippen molar-refractivity contribution in [2.75, 3.05) is 11.9 Å². The normalized spacial score (nSPS) is 11.3. The minimum atomic E-state index is -1.20. The number of pyridine rings is 1. The fraction of sp³-hybridized carbons (Fsp3) is 0.270. The van der Waals surface area contributed by atoms with E-state index in [0.717, 1.165) is 18.4 Å². The lowest BCUT2D eigenvalue weighted by Gasteiger charge is -2.15. The summed E-state index contributed by atoms with van der Waals surface area (Å²) in [4.78, 5) is 53.7. The highest BCUT2D eigenvalue weighted by molar-refractivity contribution is 5.98. The zero-order valence-electron chi connectivity index (χ0n) is 26.3. The van der Waals surface area contributed by atoms with E-state index >= 15 is 0 Å². The number of anilines is 1. The summed E-state index contributed by atoms with van der Waals surface area (Å²) >= 11 is 0. The van der Waals surface area contributed by atoms with Crippen molar-refractivity contribution in [3.8, 4) is 11.5 Å². The van der Waals surface area contributed by atoms with E-state index in [4.69, 9.17) is 9.47 Å². The van der Waals surface area contributed by atoms with Crippen molar-refractivity contribution in [1.29, 1.82) is 0 Å². The van der Waals surface area contributed by atoms with Crippen LogP contribution in [0.5, 0.6) is 11.5 Å². The molecule has 0 aliphatic rings. The molecular formula is C37H39N3O7. The number of hydrogen-bond acceptors (Lipinski definition) is 7. The quantitative estimate of drug-likeness (QED) is 0.0700. The average Bonchev–Trinajstić information content (AvgIpc) is 3.07. The molecule has 1 aromatic heterocycles. The predicted octanol–water partition coefficient (Wildman–Crippen LogP) is 6.26. The summed E-state index contributed by atoms with van der Waals surface area (Å²) in [6.45, 7) is 2.81. The first-order chi connectivity index (χ1) is 22.8. The van der Waals surface area contributed by atoms with E-state index in [2.05, 4.69) is 22.5 Å². The molecule has 0 saturated carbocycles. The van der Waals surface area contributed by atoms with Gasteiger partial charge in [0.25, 0.3) is 5.91 Å². The fourth-order valence-corrected chi connectivity index (χ4v) is 4.72. The lowest BCUT2D eigenvalue weighted by atomic mass is 10.0. The van der Waals surface area contributed by atoms with Gasteiger partial charge in [-0.05, 0) is 84.3 Å². The van der Waals surface area contributed by atoms with E-state index in [1.165, 1.54) is 31.4 Å². The van der Waals surface area contributed by atoms with Crippen molar-refractivity contribution in [2.24, 2.45) is 0 Å². The van der Waals surface area contributed by atoms with Crippen LogP contribution in [0.2, 0.25) is 0 Å². The molecule has 0 spiro atoms. The summed E-state index contributed by atoms with van der Waals surface area (Å²) in [5.41, 5.74) is 2.51. The molecule has 3 N–H and O–H groups in total. The van der Waals surface area contributed by atoms with Gasteiger partial charge >= 0.3 is 11.9 Å². The first-order valence-corrected chi connectivity index (χ1v) is 15.7. The lowest BCUT2D eigenvalue weighted by Crippen LogP contribution is -2.42. The van der Waals surface area contributed by atoms with Gasteiger partial charge in [0.05, 0.1) is 18.6 Å². The molecule has 10 heteroatoms. The summed E-state index contributed by atoms with van der Waals surface area (Å²) in [5.74, 6) is -1.53. The Balaban J connectivity index is 1.24. The monoisotopic (exact) mass is 637 g/mol. The number of esters is 1. The number of carboxylic acids is 1.